The Labute approximate surface area is 105 Å². The van der Waals surface area contributed by atoms with Crippen LogP contribution in [0.4, 0.5) is 0 Å². The topological polar surface area (TPSA) is 34.1 Å². The molecule has 0 aliphatic rings. The third-order valence-electron chi connectivity index (χ3n) is 2.86. The summed E-state index contributed by atoms with van der Waals surface area (Å²) >= 11 is 1.69. The second kappa shape index (κ2) is 4.42. The first-order valence-electron chi connectivity index (χ1n) is 5.20. The van der Waals surface area contributed by atoms with Gasteiger partial charge in [-0.1, -0.05) is 18.2 Å². The van der Waals surface area contributed by atoms with Gasteiger partial charge in [0.25, 0.3) is 0 Å². The maximum Gasteiger partial charge on any atom is 0.0935 e. The van der Waals surface area contributed by atoms with Crippen LogP contribution in [0.25, 0.3) is 20.2 Å². The fourth-order valence-electron chi connectivity index (χ4n) is 2.09. The van der Waals surface area contributed by atoms with Crippen molar-refractivity contribution in [3.05, 3.63) is 36.4 Å². The molecule has 1 heterocycles. The molecule has 0 amide bonds. The van der Waals surface area contributed by atoms with E-state index < -0.39 is 16.9 Å². The summed E-state index contributed by atoms with van der Waals surface area (Å²) in [6.45, 7) is 0. The lowest BCUT2D eigenvalue weighted by Gasteiger charge is -2.00. The molecule has 3 aromatic rings. The first-order valence-corrected chi connectivity index (χ1v) is 8.11. The van der Waals surface area contributed by atoms with Gasteiger partial charge in [0.2, 0.25) is 0 Å². The molecule has 0 saturated heterocycles. The average molecular weight is 280 g/mol. The Morgan fingerprint density at radius 2 is 1.71 bits per heavy atom. The lowest BCUT2D eigenvalue weighted by molar-refractivity contribution is 0.601. The molecule has 0 aliphatic carbocycles. The van der Waals surface area contributed by atoms with Crippen LogP contribution in [-0.4, -0.2) is 0 Å². The highest BCUT2D eigenvalue weighted by Gasteiger charge is 2.11. The molecule has 0 N–H and O–H groups in total. The van der Waals surface area contributed by atoms with Crippen LogP contribution < -0.4 is 10.6 Å². The van der Waals surface area contributed by atoms with E-state index in [2.05, 4.69) is 6.07 Å². The quantitative estimate of drug-likeness (QED) is 0.676. The molecule has 0 bridgehead atoms. The van der Waals surface area contributed by atoms with Gasteiger partial charge in [-0.2, -0.15) is 0 Å². The Kier molecular flexibility index (Phi) is 2.92. The van der Waals surface area contributed by atoms with Gasteiger partial charge in [0.15, 0.2) is 0 Å². The Balaban J connectivity index is 2.60. The van der Waals surface area contributed by atoms with Crippen LogP contribution >= 0.6 is 28.3 Å². The molecule has 86 valence electrons. The van der Waals surface area contributed by atoms with Gasteiger partial charge in [-0.3, -0.25) is 0 Å². The van der Waals surface area contributed by atoms with Crippen molar-refractivity contribution >= 4 is 59.0 Å². The maximum absolute atomic E-state index is 11.4. The second-order valence-electron chi connectivity index (χ2n) is 3.78. The van der Waals surface area contributed by atoms with E-state index in [1.165, 1.54) is 4.70 Å². The van der Waals surface area contributed by atoms with Crippen LogP contribution in [0.3, 0.4) is 0 Å². The van der Waals surface area contributed by atoms with Gasteiger partial charge in [-0.25, -0.2) is 0 Å². The van der Waals surface area contributed by atoms with Crippen LogP contribution in [0.15, 0.2) is 36.4 Å². The van der Waals surface area contributed by atoms with Crippen LogP contribution in [0.2, 0.25) is 0 Å². The highest BCUT2D eigenvalue weighted by Crippen LogP contribution is 2.33. The van der Waals surface area contributed by atoms with Gasteiger partial charge in [-0.15, -0.1) is 11.3 Å². The fourth-order valence-corrected chi connectivity index (χ4v) is 4.83. The molecule has 0 radical (unpaired) electrons. The van der Waals surface area contributed by atoms with Gasteiger partial charge < -0.3 is 9.13 Å². The SMILES string of the molecule is O=[PH2]c1ccc2sc3ccccc3c2c1[PH2]=O. The molecule has 1 aromatic heterocycles. The molecule has 0 spiro atoms. The average Bonchev–Trinajstić information content (AvgIpc) is 2.76. The number of hydrogen-bond donors (Lipinski definition) is 0. The lowest BCUT2D eigenvalue weighted by atomic mass is 10.1. The van der Waals surface area contributed by atoms with Crippen LogP contribution in [0.1, 0.15) is 0 Å². The van der Waals surface area contributed by atoms with Crippen molar-refractivity contribution in [2.45, 2.75) is 0 Å². The zero-order valence-electron chi connectivity index (χ0n) is 8.84. The van der Waals surface area contributed by atoms with E-state index in [1.54, 1.807) is 11.3 Å². The molecule has 3 rings (SSSR count). The number of benzene rings is 2. The highest BCUT2D eigenvalue weighted by molar-refractivity contribution is 7.43. The molecule has 0 saturated carbocycles. The summed E-state index contributed by atoms with van der Waals surface area (Å²) in [5.74, 6) is 0. The molecule has 2 unspecified atom stereocenters. The van der Waals surface area contributed by atoms with Gasteiger partial charge >= 0.3 is 0 Å². The van der Waals surface area contributed by atoms with Crippen molar-refractivity contribution < 1.29 is 9.13 Å². The Morgan fingerprint density at radius 3 is 2.47 bits per heavy atom. The number of fused-ring (bicyclic) bond motifs is 3. The monoisotopic (exact) mass is 280 g/mol. The summed E-state index contributed by atoms with van der Waals surface area (Å²) in [5.41, 5.74) is 0. The van der Waals surface area contributed by atoms with E-state index in [9.17, 15) is 9.13 Å². The smallest absolute Gasteiger partial charge is 0.0935 e. The molecule has 5 heteroatoms. The van der Waals surface area contributed by atoms with E-state index >= 15 is 0 Å². The Bertz CT molecular complexity index is 749. The fraction of sp³-hybridized carbons (Fsp3) is 0. The zero-order chi connectivity index (χ0) is 11.8. The largest absolute Gasteiger partial charge is 0.325 e. The second-order valence-corrected chi connectivity index (χ2v) is 6.53. The van der Waals surface area contributed by atoms with Crippen LogP contribution in [0.5, 0.6) is 0 Å². The van der Waals surface area contributed by atoms with Gasteiger partial charge in [0.1, 0.15) is 0 Å². The minimum atomic E-state index is -1.05. The Morgan fingerprint density at radius 1 is 0.882 bits per heavy atom. The lowest BCUT2D eigenvalue weighted by Crippen LogP contribution is -2.12. The third kappa shape index (κ3) is 1.70. The summed E-state index contributed by atoms with van der Waals surface area (Å²) < 4.78 is 24.9. The molecule has 0 fully saturated rings. The number of thiophene rings is 1. The third-order valence-corrected chi connectivity index (χ3v) is 5.95. The first-order chi connectivity index (χ1) is 8.35. The van der Waals surface area contributed by atoms with Crippen molar-refractivity contribution in [3.8, 4) is 0 Å². The summed E-state index contributed by atoms with van der Waals surface area (Å²) in [7, 11) is -2.08. The summed E-state index contributed by atoms with van der Waals surface area (Å²) in [4.78, 5) is 0. The molecule has 0 aliphatic heterocycles. The van der Waals surface area contributed by atoms with Crippen molar-refractivity contribution in [1.29, 1.82) is 0 Å². The molecular formula is C12H10O2P2S. The van der Waals surface area contributed by atoms with E-state index in [0.29, 0.717) is 0 Å². The molecule has 2 aromatic carbocycles. The first kappa shape index (κ1) is 11.2. The van der Waals surface area contributed by atoms with E-state index in [-0.39, 0.29) is 0 Å². The normalized spacial score (nSPS) is 12.7. The summed E-state index contributed by atoms with van der Waals surface area (Å²) in [6, 6.07) is 11.9. The standard InChI is InChI=1S/C12H10O2P2S/c13-15-8-5-6-10-11(12(8)16-14)7-3-1-2-4-9(7)17-10/h1-6H,15-16H2. The van der Waals surface area contributed by atoms with Crippen LogP contribution in [0, 0.1) is 0 Å². The predicted molar refractivity (Wildman–Crippen MR) is 79.4 cm³/mol. The van der Waals surface area contributed by atoms with Gasteiger partial charge in [0.05, 0.1) is 16.9 Å². The highest BCUT2D eigenvalue weighted by atomic mass is 32.1. The van der Waals surface area contributed by atoms with Crippen molar-refractivity contribution in [3.63, 3.8) is 0 Å². The molecule has 2 nitrogen and oxygen atoms in total. The minimum Gasteiger partial charge on any atom is -0.325 e. The summed E-state index contributed by atoms with van der Waals surface area (Å²) in [6.07, 6.45) is 0. The molecule has 2 atom stereocenters. The molecular weight excluding hydrogens is 270 g/mol. The van der Waals surface area contributed by atoms with E-state index in [4.69, 9.17) is 0 Å². The maximum atomic E-state index is 11.4. The van der Waals surface area contributed by atoms with Crippen molar-refractivity contribution in [2.75, 3.05) is 0 Å². The van der Waals surface area contributed by atoms with Gasteiger partial charge in [0, 0.05) is 30.8 Å². The van der Waals surface area contributed by atoms with Crippen molar-refractivity contribution in [2.24, 2.45) is 0 Å². The summed E-state index contributed by atoms with van der Waals surface area (Å²) in [5, 5.41) is 3.72. The van der Waals surface area contributed by atoms with Gasteiger partial charge in [-0.05, 0) is 18.2 Å². The van der Waals surface area contributed by atoms with Crippen LogP contribution in [-0.2, 0) is 9.13 Å². The van der Waals surface area contributed by atoms with E-state index in [0.717, 1.165) is 26.1 Å². The Hall–Kier alpha value is -0.880. The number of hydrogen-bond acceptors (Lipinski definition) is 3. The van der Waals surface area contributed by atoms with Crippen molar-refractivity contribution in [1.82, 2.24) is 0 Å². The van der Waals surface area contributed by atoms with E-state index in [1.807, 2.05) is 30.3 Å². The minimum absolute atomic E-state index is 0.756. The molecule has 17 heavy (non-hydrogen) atoms. The predicted octanol–water partition coefficient (Wildman–Crippen LogP) is 2.82. The number of rotatable bonds is 2. The zero-order valence-corrected chi connectivity index (χ0v) is 12.0.